The first-order valence-corrected chi connectivity index (χ1v) is 8.41. The van der Waals surface area contributed by atoms with Crippen LogP contribution in [0.25, 0.3) is 5.52 Å². The molecule has 0 spiro atoms. The zero-order valence-corrected chi connectivity index (χ0v) is 13.6. The molecule has 1 aliphatic carbocycles. The Morgan fingerprint density at radius 1 is 1.43 bits per heavy atom. The van der Waals surface area contributed by atoms with E-state index >= 15 is 0 Å². The van der Waals surface area contributed by atoms with Crippen molar-refractivity contribution in [2.45, 2.75) is 51.5 Å². The Morgan fingerprint density at radius 2 is 2.24 bits per heavy atom. The van der Waals surface area contributed by atoms with Crippen LogP contribution in [0.4, 0.5) is 5.82 Å². The summed E-state index contributed by atoms with van der Waals surface area (Å²) >= 11 is 5.90. The van der Waals surface area contributed by atoms with Crippen molar-refractivity contribution < 1.29 is 0 Å². The number of anilines is 1. The SMILES string of the molecule is CC(C)c1cc2c(N(CCCCl)C3CCC3)nccn2n1. The fourth-order valence-corrected chi connectivity index (χ4v) is 2.94. The highest BCUT2D eigenvalue weighted by molar-refractivity contribution is 6.17. The van der Waals surface area contributed by atoms with E-state index in [1.165, 1.54) is 19.3 Å². The number of hydrogen-bond donors (Lipinski definition) is 0. The van der Waals surface area contributed by atoms with Crippen molar-refractivity contribution in [2.75, 3.05) is 17.3 Å². The van der Waals surface area contributed by atoms with Gasteiger partial charge in [-0.05, 0) is 37.7 Å². The van der Waals surface area contributed by atoms with Crippen molar-refractivity contribution in [2.24, 2.45) is 0 Å². The van der Waals surface area contributed by atoms with Crippen LogP contribution in [0.1, 0.15) is 51.1 Å². The van der Waals surface area contributed by atoms with E-state index < -0.39 is 0 Å². The molecular formula is C16H23ClN4. The molecule has 1 aliphatic rings. The first kappa shape index (κ1) is 14.6. The largest absolute Gasteiger partial charge is 0.352 e. The minimum Gasteiger partial charge on any atom is -0.352 e. The van der Waals surface area contributed by atoms with Gasteiger partial charge in [-0.2, -0.15) is 5.10 Å². The monoisotopic (exact) mass is 306 g/mol. The van der Waals surface area contributed by atoms with Crippen molar-refractivity contribution in [3.63, 3.8) is 0 Å². The Bertz CT molecular complexity index is 603. The fraction of sp³-hybridized carbons (Fsp3) is 0.625. The van der Waals surface area contributed by atoms with Crippen LogP contribution in [-0.4, -0.2) is 33.1 Å². The minimum atomic E-state index is 0.428. The minimum absolute atomic E-state index is 0.428. The Labute approximate surface area is 131 Å². The molecule has 3 rings (SSSR count). The molecular weight excluding hydrogens is 284 g/mol. The molecule has 0 aliphatic heterocycles. The quantitative estimate of drug-likeness (QED) is 0.760. The highest BCUT2D eigenvalue weighted by Crippen LogP contribution is 2.31. The van der Waals surface area contributed by atoms with Gasteiger partial charge in [0, 0.05) is 30.9 Å². The van der Waals surface area contributed by atoms with Gasteiger partial charge in [-0.3, -0.25) is 0 Å². The van der Waals surface area contributed by atoms with Crippen LogP contribution in [0.3, 0.4) is 0 Å². The van der Waals surface area contributed by atoms with Crippen LogP contribution in [-0.2, 0) is 0 Å². The van der Waals surface area contributed by atoms with E-state index in [0.29, 0.717) is 17.8 Å². The summed E-state index contributed by atoms with van der Waals surface area (Å²) in [6, 6.07) is 2.80. The highest BCUT2D eigenvalue weighted by atomic mass is 35.5. The van der Waals surface area contributed by atoms with Crippen LogP contribution < -0.4 is 4.90 Å². The lowest BCUT2D eigenvalue weighted by Crippen LogP contribution is -2.41. The van der Waals surface area contributed by atoms with Crippen molar-refractivity contribution in [3.05, 3.63) is 24.2 Å². The van der Waals surface area contributed by atoms with Gasteiger partial charge in [0.1, 0.15) is 5.52 Å². The van der Waals surface area contributed by atoms with Crippen molar-refractivity contribution in [3.8, 4) is 0 Å². The third-order valence-corrected chi connectivity index (χ3v) is 4.57. The molecule has 1 saturated carbocycles. The van der Waals surface area contributed by atoms with Gasteiger partial charge >= 0.3 is 0 Å². The first-order chi connectivity index (χ1) is 10.2. The number of hydrogen-bond acceptors (Lipinski definition) is 3. The highest BCUT2D eigenvalue weighted by Gasteiger charge is 2.27. The zero-order valence-electron chi connectivity index (χ0n) is 12.8. The summed E-state index contributed by atoms with van der Waals surface area (Å²) < 4.78 is 1.96. The van der Waals surface area contributed by atoms with Gasteiger partial charge < -0.3 is 4.90 Å². The van der Waals surface area contributed by atoms with Crippen molar-refractivity contribution in [1.82, 2.24) is 14.6 Å². The maximum Gasteiger partial charge on any atom is 0.154 e. The molecule has 0 amide bonds. The van der Waals surface area contributed by atoms with Crippen molar-refractivity contribution >= 4 is 22.9 Å². The Balaban J connectivity index is 1.99. The number of fused-ring (bicyclic) bond motifs is 1. The Hall–Kier alpha value is -1.29. The lowest BCUT2D eigenvalue weighted by molar-refractivity contribution is 0.384. The van der Waals surface area contributed by atoms with Crippen LogP contribution in [0.2, 0.25) is 0 Å². The second kappa shape index (κ2) is 6.22. The van der Waals surface area contributed by atoms with Crippen molar-refractivity contribution in [1.29, 1.82) is 0 Å². The second-order valence-corrected chi connectivity index (χ2v) is 6.50. The molecule has 0 unspecified atom stereocenters. The Morgan fingerprint density at radius 3 is 2.86 bits per heavy atom. The molecule has 0 N–H and O–H groups in total. The van der Waals surface area contributed by atoms with Gasteiger partial charge in [-0.25, -0.2) is 9.50 Å². The molecule has 2 heterocycles. The van der Waals surface area contributed by atoms with E-state index in [9.17, 15) is 0 Å². The van der Waals surface area contributed by atoms with E-state index in [2.05, 4.69) is 34.9 Å². The number of halogens is 1. The zero-order chi connectivity index (χ0) is 14.8. The average molecular weight is 307 g/mol. The molecule has 0 saturated heterocycles. The lowest BCUT2D eigenvalue weighted by Gasteiger charge is -2.38. The summed E-state index contributed by atoms with van der Waals surface area (Å²) in [5, 5.41) is 4.66. The molecule has 1 fully saturated rings. The molecule has 4 nitrogen and oxygen atoms in total. The van der Waals surface area contributed by atoms with E-state index in [0.717, 1.165) is 30.0 Å². The first-order valence-electron chi connectivity index (χ1n) is 7.87. The molecule has 2 aromatic rings. The number of aromatic nitrogens is 3. The van der Waals surface area contributed by atoms with Crippen LogP contribution in [0.15, 0.2) is 18.5 Å². The summed E-state index contributed by atoms with van der Waals surface area (Å²) in [7, 11) is 0. The van der Waals surface area contributed by atoms with Gasteiger partial charge in [0.05, 0.1) is 5.69 Å². The van der Waals surface area contributed by atoms with Crippen LogP contribution >= 0.6 is 11.6 Å². The number of nitrogens with zero attached hydrogens (tertiary/aromatic N) is 4. The molecule has 2 aromatic heterocycles. The van der Waals surface area contributed by atoms with E-state index in [1.54, 1.807) is 0 Å². The summed E-state index contributed by atoms with van der Waals surface area (Å²) in [4.78, 5) is 7.10. The smallest absolute Gasteiger partial charge is 0.154 e. The summed E-state index contributed by atoms with van der Waals surface area (Å²) in [6.45, 7) is 5.32. The molecule has 0 radical (unpaired) electrons. The predicted octanol–water partition coefficient (Wildman–Crippen LogP) is 3.84. The molecule has 0 aromatic carbocycles. The molecule has 21 heavy (non-hydrogen) atoms. The van der Waals surface area contributed by atoms with Gasteiger partial charge in [0.15, 0.2) is 5.82 Å². The maximum absolute atomic E-state index is 5.90. The third kappa shape index (κ3) is 2.86. The van der Waals surface area contributed by atoms with E-state index in [4.69, 9.17) is 11.6 Å². The molecule has 5 heteroatoms. The summed E-state index contributed by atoms with van der Waals surface area (Å²) in [6.07, 6.45) is 8.62. The standard InChI is InChI=1S/C16H23ClN4/c1-12(2)14-11-15-16(18-8-10-21(15)19-14)20(9-4-7-17)13-5-3-6-13/h8,10-13H,3-7,9H2,1-2H3. The molecule has 114 valence electrons. The third-order valence-electron chi connectivity index (χ3n) is 4.30. The van der Waals surface area contributed by atoms with E-state index in [-0.39, 0.29) is 0 Å². The summed E-state index contributed by atoms with van der Waals surface area (Å²) in [5.74, 6) is 2.19. The van der Waals surface area contributed by atoms with Gasteiger partial charge in [-0.1, -0.05) is 13.8 Å². The van der Waals surface area contributed by atoms with Gasteiger partial charge in [-0.15, -0.1) is 11.6 Å². The summed E-state index contributed by atoms with van der Waals surface area (Å²) in [5.41, 5.74) is 2.23. The maximum atomic E-state index is 5.90. The van der Waals surface area contributed by atoms with E-state index in [1.807, 2.05) is 16.9 Å². The predicted molar refractivity (Wildman–Crippen MR) is 87.4 cm³/mol. The number of rotatable bonds is 6. The van der Waals surface area contributed by atoms with Crippen LogP contribution in [0.5, 0.6) is 0 Å². The second-order valence-electron chi connectivity index (χ2n) is 6.13. The van der Waals surface area contributed by atoms with Gasteiger partial charge in [0.2, 0.25) is 0 Å². The normalized spacial score (nSPS) is 15.6. The fourth-order valence-electron chi connectivity index (χ4n) is 2.82. The number of alkyl halides is 1. The lowest BCUT2D eigenvalue weighted by atomic mass is 9.91. The van der Waals surface area contributed by atoms with Gasteiger partial charge in [0.25, 0.3) is 0 Å². The average Bonchev–Trinajstić information content (AvgIpc) is 2.85. The molecule has 0 atom stereocenters. The molecule has 0 bridgehead atoms. The topological polar surface area (TPSA) is 33.4 Å². The van der Waals surface area contributed by atoms with Crippen LogP contribution in [0, 0.1) is 0 Å². The Kier molecular flexibility index (Phi) is 4.34.